The van der Waals surface area contributed by atoms with Gasteiger partial charge in [0.1, 0.15) is 11.2 Å². The summed E-state index contributed by atoms with van der Waals surface area (Å²) >= 11 is 0. The SMILES string of the molecule is CC(C)CC(C)(C#CC(C)(CC(C)C)OCCOCCOCCOCCOCCOCCOCCOCCOCCOCCO)OCCOCCOCCOCCOCCOCCOCCOCCOCCOCCO. The molecule has 76 heavy (non-hydrogen) atoms. The molecule has 454 valence electrons. The third-order valence-electron chi connectivity index (χ3n) is 9.91. The van der Waals surface area contributed by atoms with Gasteiger partial charge >= 0.3 is 0 Å². The molecule has 0 spiro atoms. The van der Waals surface area contributed by atoms with Crippen molar-refractivity contribution in [1.82, 2.24) is 0 Å². The van der Waals surface area contributed by atoms with Gasteiger partial charge in [-0.05, 0) is 38.5 Å². The maximum Gasteiger partial charge on any atom is 0.126 e. The first-order valence-corrected chi connectivity index (χ1v) is 27.6. The fourth-order valence-corrected chi connectivity index (χ4v) is 6.62. The zero-order valence-corrected chi connectivity index (χ0v) is 47.9. The van der Waals surface area contributed by atoms with Crippen LogP contribution in [0.2, 0.25) is 0 Å². The Labute approximate surface area is 457 Å². The van der Waals surface area contributed by atoms with Gasteiger partial charge in [0.15, 0.2) is 0 Å². The lowest BCUT2D eigenvalue weighted by Gasteiger charge is -2.30. The van der Waals surface area contributed by atoms with Crippen LogP contribution >= 0.6 is 0 Å². The van der Waals surface area contributed by atoms with Crippen molar-refractivity contribution < 1.29 is 105 Å². The Bertz CT molecular complexity index is 1110. The first kappa shape index (κ1) is 74.7. The van der Waals surface area contributed by atoms with E-state index in [9.17, 15) is 0 Å². The fraction of sp³-hybridized carbons (Fsp3) is 0.963. The first-order valence-electron chi connectivity index (χ1n) is 27.6. The molecule has 0 saturated heterocycles. The third-order valence-corrected chi connectivity index (χ3v) is 9.91. The summed E-state index contributed by atoms with van der Waals surface area (Å²) in [6.07, 6.45) is 1.54. The predicted octanol–water partition coefficient (Wildman–Crippen LogP) is 2.92. The van der Waals surface area contributed by atoms with Crippen molar-refractivity contribution in [3.05, 3.63) is 0 Å². The summed E-state index contributed by atoms with van der Waals surface area (Å²) < 4.78 is 112. The Balaban J connectivity index is 3.87. The Kier molecular flexibility index (Phi) is 58.8. The molecule has 0 bridgehead atoms. The third kappa shape index (κ3) is 58.8. The lowest BCUT2D eigenvalue weighted by molar-refractivity contribution is -0.0497. The lowest BCUT2D eigenvalue weighted by atomic mass is 9.90. The summed E-state index contributed by atoms with van der Waals surface area (Å²) in [6, 6.07) is 0. The maximum atomic E-state index is 8.63. The van der Waals surface area contributed by atoms with Crippen molar-refractivity contribution in [2.24, 2.45) is 11.8 Å². The van der Waals surface area contributed by atoms with E-state index in [2.05, 4.69) is 39.5 Å². The van der Waals surface area contributed by atoms with Crippen molar-refractivity contribution in [2.75, 3.05) is 264 Å². The Hall–Kier alpha value is -1.32. The van der Waals surface area contributed by atoms with Crippen molar-refractivity contribution in [2.45, 2.75) is 65.6 Å². The van der Waals surface area contributed by atoms with Crippen LogP contribution in [0.15, 0.2) is 0 Å². The zero-order valence-electron chi connectivity index (χ0n) is 47.9. The van der Waals surface area contributed by atoms with Crippen LogP contribution in [0.3, 0.4) is 0 Å². The van der Waals surface area contributed by atoms with Gasteiger partial charge in [-0.3, -0.25) is 0 Å². The molecule has 0 fully saturated rings. The van der Waals surface area contributed by atoms with E-state index >= 15 is 0 Å². The lowest BCUT2D eigenvalue weighted by Crippen LogP contribution is -2.34. The van der Waals surface area contributed by atoms with E-state index in [1.54, 1.807) is 0 Å². The first-order chi connectivity index (χ1) is 37.2. The van der Waals surface area contributed by atoms with E-state index in [4.69, 9.17) is 105 Å². The molecular formula is C54H106O22. The smallest absolute Gasteiger partial charge is 0.126 e. The molecule has 2 atom stereocenters. The molecule has 0 aromatic carbocycles. The Morgan fingerprint density at radius 1 is 0.237 bits per heavy atom. The molecular weight excluding hydrogens is 1000 g/mol. The van der Waals surface area contributed by atoms with E-state index in [1.807, 2.05) is 13.8 Å². The second-order valence-electron chi connectivity index (χ2n) is 18.1. The fourth-order valence-electron chi connectivity index (χ4n) is 6.62. The van der Waals surface area contributed by atoms with Gasteiger partial charge in [-0.1, -0.05) is 39.5 Å². The van der Waals surface area contributed by atoms with Crippen LogP contribution < -0.4 is 0 Å². The quantitative estimate of drug-likeness (QED) is 0.0660. The molecule has 2 N–H and O–H groups in total. The van der Waals surface area contributed by atoms with Crippen LogP contribution in [0.25, 0.3) is 0 Å². The molecule has 22 heteroatoms. The molecule has 0 heterocycles. The van der Waals surface area contributed by atoms with Gasteiger partial charge in [0.25, 0.3) is 0 Å². The monoisotopic (exact) mass is 1110 g/mol. The van der Waals surface area contributed by atoms with E-state index in [0.29, 0.717) is 263 Å². The van der Waals surface area contributed by atoms with Crippen LogP contribution in [0.5, 0.6) is 0 Å². The Morgan fingerprint density at radius 2 is 0.368 bits per heavy atom. The summed E-state index contributed by atoms with van der Waals surface area (Å²) in [7, 11) is 0. The molecule has 0 radical (unpaired) electrons. The average Bonchev–Trinajstić information content (AvgIpc) is 3.39. The van der Waals surface area contributed by atoms with Crippen molar-refractivity contribution in [3.63, 3.8) is 0 Å². The summed E-state index contributed by atoms with van der Waals surface area (Å²) in [5, 5.41) is 17.3. The predicted molar refractivity (Wildman–Crippen MR) is 284 cm³/mol. The van der Waals surface area contributed by atoms with Gasteiger partial charge in [-0.25, -0.2) is 0 Å². The molecule has 0 aliphatic heterocycles. The standard InChI is InChI=1S/C54H106O22/c1-51(2)49-53(5,75-47-45-73-43-41-71-39-37-69-35-33-67-31-29-65-27-25-63-23-21-61-19-17-59-15-13-57-11-9-55)7-8-54(6,50-52(3)4)76-48-46-74-44-42-72-40-38-70-36-34-68-32-30-66-28-26-64-24-22-62-20-18-60-16-14-58-12-10-56/h51-52,55-56H,9-50H2,1-6H3. The number of aliphatic hydroxyl groups excluding tert-OH is 2. The number of rotatable bonds is 64. The van der Waals surface area contributed by atoms with Crippen LogP contribution in [0.1, 0.15) is 54.4 Å². The van der Waals surface area contributed by atoms with Gasteiger partial charge in [-0.2, -0.15) is 0 Å². The van der Waals surface area contributed by atoms with E-state index < -0.39 is 11.2 Å². The second kappa shape index (κ2) is 59.8. The van der Waals surface area contributed by atoms with Crippen LogP contribution in [-0.2, 0) is 94.7 Å². The maximum absolute atomic E-state index is 8.63. The summed E-state index contributed by atoms with van der Waals surface area (Å²) in [6.45, 7) is 30.5. The second-order valence-corrected chi connectivity index (χ2v) is 18.1. The highest BCUT2D eigenvalue weighted by atomic mass is 16.6. The largest absolute Gasteiger partial charge is 0.394 e. The Morgan fingerprint density at radius 3 is 0.500 bits per heavy atom. The van der Waals surface area contributed by atoms with Crippen molar-refractivity contribution >= 4 is 0 Å². The molecule has 0 amide bonds. The minimum absolute atomic E-state index is 0.0165. The van der Waals surface area contributed by atoms with Gasteiger partial charge in [0.05, 0.1) is 264 Å². The number of ether oxygens (including phenoxy) is 20. The molecule has 22 nitrogen and oxygen atoms in total. The average molecular weight is 1110 g/mol. The number of hydrogen-bond acceptors (Lipinski definition) is 22. The molecule has 0 aromatic rings. The van der Waals surface area contributed by atoms with Gasteiger partial charge < -0.3 is 105 Å². The molecule has 0 saturated carbocycles. The minimum atomic E-state index is -0.657. The van der Waals surface area contributed by atoms with E-state index in [1.165, 1.54) is 0 Å². The molecule has 0 rings (SSSR count). The van der Waals surface area contributed by atoms with Crippen molar-refractivity contribution in [3.8, 4) is 11.8 Å². The zero-order chi connectivity index (χ0) is 55.4. The normalized spacial score (nSPS) is 13.4. The van der Waals surface area contributed by atoms with Crippen LogP contribution in [0, 0.1) is 23.7 Å². The van der Waals surface area contributed by atoms with E-state index in [0.717, 1.165) is 12.8 Å². The van der Waals surface area contributed by atoms with E-state index in [-0.39, 0.29) is 13.2 Å². The summed E-state index contributed by atoms with van der Waals surface area (Å²) in [5.74, 6) is 7.65. The van der Waals surface area contributed by atoms with Gasteiger partial charge in [0, 0.05) is 0 Å². The van der Waals surface area contributed by atoms with Crippen LogP contribution in [0.4, 0.5) is 0 Å². The van der Waals surface area contributed by atoms with Crippen LogP contribution in [-0.4, -0.2) is 286 Å². The van der Waals surface area contributed by atoms with Gasteiger partial charge in [0.2, 0.25) is 0 Å². The highest BCUT2D eigenvalue weighted by molar-refractivity contribution is 5.21. The molecule has 0 aromatic heterocycles. The molecule has 0 aliphatic rings. The molecule has 0 aliphatic carbocycles. The number of aliphatic hydroxyl groups is 2. The van der Waals surface area contributed by atoms with Gasteiger partial charge in [-0.15, -0.1) is 0 Å². The highest BCUT2D eigenvalue weighted by Crippen LogP contribution is 2.24. The number of hydrogen-bond donors (Lipinski definition) is 2. The van der Waals surface area contributed by atoms with Crippen molar-refractivity contribution in [1.29, 1.82) is 0 Å². The molecule has 2 unspecified atom stereocenters. The summed E-state index contributed by atoms with van der Waals surface area (Å²) in [5.41, 5.74) is -1.31. The topological polar surface area (TPSA) is 225 Å². The minimum Gasteiger partial charge on any atom is -0.394 e. The highest BCUT2D eigenvalue weighted by Gasteiger charge is 2.28. The summed E-state index contributed by atoms with van der Waals surface area (Å²) in [4.78, 5) is 0.